The largest absolute Gasteiger partial charge is 0.385 e. The molecule has 2 N–H and O–H groups in total. The van der Waals surface area contributed by atoms with Gasteiger partial charge in [-0.1, -0.05) is 17.7 Å². The van der Waals surface area contributed by atoms with Gasteiger partial charge in [-0.05, 0) is 24.1 Å². The molecule has 1 aromatic rings. The Kier molecular flexibility index (Phi) is 8.80. The number of nitrogens with zero attached hydrogens (tertiary/aromatic N) is 1. The average molecular weight is 319 g/mol. The van der Waals surface area contributed by atoms with Crippen LogP contribution < -0.4 is 5.73 Å². The summed E-state index contributed by atoms with van der Waals surface area (Å²) in [7, 11) is 3.35. The summed E-state index contributed by atoms with van der Waals surface area (Å²) >= 11 is 5.87. The van der Waals surface area contributed by atoms with Gasteiger partial charge in [0.15, 0.2) is 0 Å². The topological polar surface area (TPSA) is 47.7 Å². The predicted molar refractivity (Wildman–Crippen MR) is 83.1 cm³/mol. The predicted octanol–water partition coefficient (Wildman–Crippen LogP) is 2.46. The van der Waals surface area contributed by atoms with Gasteiger partial charge >= 0.3 is 0 Å². The SMILES string of the molecule is COCCCN(CCOC)C(CN)c1ccc(F)c(Cl)c1. The summed E-state index contributed by atoms with van der Waals surface area (Å²) in [5.74, 6) is -0.418. The Bertz CT molecular complexity index is 421. The van der Waals surface area contributed by atoms with Gasteiger partial charge in [0.25, 0.3) is 0 Å². The fourth-order valence-corrected chi connectivity index (χ4v) is 2.45. The van der Waals surface area contributed by atoms with E-state index in [1.807, 2.05) is 0 Å². The van der Waals surface area contributed by atoms with Crippen molar-refractivity contribution in [2.45, 2.75) is 12.5 Å². The van der Waals surface area contributed by atoms with Crippen LogP contribution in [0, 0.1) is 5.82 Å². The number of nitrogens with two attached hydrogens (primary N) is 1. The molecule has 0 aromatic heterocycles. The Labute approximate surface area is 131 Å². The van der Waals surface area contributed by atoms with E-state index in [9.17, 15) is 4.39 Å². The molecule has 1 rings (SSSR count). The van der Waals surface area contributed by atoms with Gasteiger partial charge in [-0.3, -0.25) is 4.90 Å². The molecule has 0 heterocycles. The van der Waals surface area contributed by atoms with Crippen LogP contribution in [0.25, 0.3) is 0 Å². The van der Waals surface area contributed by atoms with Gasteiger partial charge in [-0.15, -0.1) is 0 Å². The van der Waals surface area contributed by atoms with Crippen LogP contribution in [0.1, 0.15) is 18.0 Å². The van der Waals surface area contributed by atoms with Gasteiger partial charge in [-0.25, -0.2) is 4.39 Å². The molecule has 120 valence electrons. The third-order valence-electron chi connectivity index (χ3n) is 3.37. The van der Waals surface area contributed by atoms with E-state index in [-0.39, 0.29) is 11.1 Å². The van der Waals surface area contributed by atoms with Crippen molar-refractivity contribution in [2.75, 3.05) is 47.1 Å². The van der Waals surface area contributed by atoms with Crippen LogP contribution in [0.15, 0.2) is 18.2 Å². The number of rotatable bonds is 10. The van der Waals surface area contributed by atoms with Crippen molar-refractivity contribution in [1.82, 2.24) is 4.90 Å². The molecule has 0 aliphatic heterocycles. The number of methoxy groups -OCH3 is 2. The molecule has 0 saturated heterocycles. The number of ether oxygens (including phenoxy) is 2. The van der Waals surface area contributed by atoms with Gasteiger partial charge < -0.3 is 15.2 Å². The van der Waals surface area contributed by atoms with Crippen LogP contribution in [0.4, 0.5) is 4.39 Å². The van der Waals surface area contributed by atoms with Crippen molar-refractivity contribution in [3.05, 3.63) is 34.6 Å². The van der Waals surface area contributed by atoms with E-state index in [1.165, 1.54) is 6.07 Å². The first kappa shape index (κ1) is 18.3. The van der Waals surface area contributed by atoms with Gasteiger partial charge in [0.2, 0.25) is 0 Å². The number of hydrogen-bond donors (Lipinski definition) is 1. The maximum absolute atomic E-state index is 13.3. The third-order valence-corrected chi connectivity index (χ3v) is 3.66. The van der Waals surface area contributed by atoms with E-state index in [2.05, 4.69) is 4.90 Å². The number of halogens is 2. The van der Waals surface area contributed by atoms with Crippen molar-refractivity contribution >= 4 is 11.6 Å². The second-order valence-electron chi connectivity index (χ2n) is 4.80. The summed E-state index contributed by atoms with van der Waals surface area (Å²) in [5, 5.41) is 0.120. The second kappa shape index (κ2) is 10.1. The van der Waals surface area contributed by atoms with Crippen molar-refractivity contribution < 1.29 is 13.9 Å². The molecule has 1 aromatic carbocycles. The maximum Gasteiger partial charge on any atom is 0.141 e. The van der Waals surface area contributed by atoms with Gasteiger partial charge in [-0.2, -0.15) is 0 Å². The molecule has 0 radical (unpaired) electrons. The molecule has 1 unspecified atom stereocenters. The average Bonchev–Trinajstić information content (AvgIpc) is 2.48. The zero-order valence-electron chi connectivity index (χ0n) is 12.6. The number of hydrogen-bond acceptors (Lipinski definition) is 4. The lowest BCUT2D eigenvalue weighted by atomic mass is 10.0. The highest BCUT2D eigenvalue weighted by Crippen LogP contribution is 2.24. The monoisotopic (exact) mass is 318 g/mol. The molecule has 0 spiro atoms. The van der Waals surface area contributed by atoms with Gasteiger partial charge in [0, 0.05) is 46.5 Å². The van der Waals surface area contributed by atoms with Crippen molar-refractivity contribution in [1.29, 1.82) is 0 Å². The quantitative estimate of drug-likeness (QED) is 0.673. The molecule has 0 amide bonds. The van der Waals surface area contributed by atoms with Crippen LogP contribution in [-0.4, -0.2) is 52.0 Å². The maximum atomic E-state index is 13.3. The van der Waals surface area contributed by atoms with E-state index < -0.39 is 5.82 Å². The first-order valence-electron chi connectivity index (χ1n) is 7.01. The van der Waals surface area contributed by atoms with Crippen LogP contribution in [-0.2, 0) is 9.47 Å². The van der Waals surface area contributed by atoms with Crippen LogP contribution >= 0.6 is 11.6 Å². The summed E-state index contributed by atoms with van der Waals surface area (Å²) in [6, 6.07) is 4.73. The molecule has 0 aliphatic rings. The van der Waals surface area contributed by atoms with E-state index in [0.29, 0.717) is 19.8 Å². The normalized spacial score (nSPS) is 12.9. The van der Waals surface area contributed by atoms with E-state index in [0.717, 1.165) is 25.1 Å². The van der Waals surface area contributed by atoms with Gasteiger partial charge in [0.1, 0.15) is 5.82 Å². The molecule has 6 heteroatoms. The Morgan fingerprint density at radius 3 is 2.52 bits per heavy atom. The molecule has 0 bridgehead atoms. The van der Waals surface area contributed by atoms with Crippen molar-refractivity contribution in [3.8, 4) is 0 Å². The minimum Gasteiger partial charge on any atom is -0.385 e. The minimum atomic E-state index is -0.418. The first-order valence-corrected chi connectivity index (χ1v) is 7.38. The highest BCUT2D eigenvalue weighted by Gasteiger charge is 2.19. The summed E-state index contributed by atoms with van der Waals surface area (Å²) in [6.07, 6.45) is 0.894. The molecule has 1 atom stereocenters. The Morgan fingerprint density at radius 1 is 1.24 bits per heavy atom. The summed E-state index contributed by atoms with van der Waals surface area (Å²) < 4.78 is 23.5. The zero-order chi connectivity index (χ0) is 15.7. The van der Waals surface area contributed by atoms with Crippen LogP contribution in [0.5, 0.6) is 0 Å². The second-order valence-corrected chi connectivity index (χ2v) is 5.21. The fourth-order valence-electron chi connectivity index (χ4n) is 2.26. The van der Waals surface area contributed by atoms with Gasteiger partial charge in [0.05, 0.1) is 11.6 Å². The fraction of sp³-hybridized carbons (Fsp3) is 0.600. The summed E-state index contributed by atoms with van der Waals surface area (Å²) in [5.41, 5.74) is 6.83. The Hall–Kier alpha value is -0.720. The highest BCUT2D eigenvalue weighted by molar-refractivity contribution is 6.30. The first-order chi connectivity index (χ1) is 10.1. The smallest absolute Gasteiger partial charge is 0.141 e. The zero-order valence-corrected chi connectivity index (χ0v) is 13.4. The summed E-state index contributed by atoms with van der Waals surface area (Å²) in [6.45, 7) is 3.30. The van der Waals surface area contributed by atoms with Crippen molar-refractivity contribution in [3.63, 3.8) is 0 Å². The lowest BCUT2D eigenvalue weighted by Crippen LogP contribution is -2.37. The van der Waals surface area contributed by atoms with Crippen LogP contribution in [0.2, 0.25) is 5.02 Å². The molecule has 0 saturated carbocycles. The Morgan fingerprint density at radius 2 is 1.95 bits per heavy atom. The Balaban J connectivity index is 2.84. The minimum absolute atomic E-state index is 0.0184. The number of benzene rings is 1. The third kappa shape index (κ3) is 5.88. The van der Waals surface area contributed by atoms with E-state index in [4.69, 9.17) is 26.8 Å². The lowest BCUT2D eigenvalue weighted by Gasteiger charge is -2.31. The van der Waals surface area contributed by atoms with Crippen LogP contribution in [0.3, 0.4) is 0 Å². The van der Waals surface area contributed by atoms with E-state index >= 15 is 0 Å². The molecule has 21 heavy (non-hydrogen) atoms. The standard InChI is InChI=1S/C15H24ClFN2O2/c1-20-8-3-6-19(7-9-21-2)15(11-18)12-4-5-14(17)13(16)10-12/h4-5,10,15H,3,6-9,11,18H2,1-2H3. The molecule has 0 aliphatic carbocycles. The molecular formula is C15H24ClFN2O2. The van der Waals surface area contributed by atoms with E-state index in [1.54, 1.807) is 26.4 Å². The summed E-state index contributed by atoms with van der Waals surface area (Å²) in [4.78, 5) is 2.21. The lowest BCUT2D eigenvalue weighted by molar-refractivity contribution is 0.108. The molecular weight excluding hydrogens is 295 g/mol. The molecule has 0 fully saturated rings. The molecule has 4 nitrogen and oxygen atoms in total. The highest BCUT2D eigenvalue weighted by atomic mass is 35.5. The van der Waals surface area contributed by atoms with Crippen molar-refractivity contribution in [2.24, 2.45) is 5.73 Å².